The molecule has 1 aliphatic rings. The Morgan fingerprint density at radius 1 is 1.75 bits per heavy atom. The molecule has 0 saturated carbocycles. The van der Waals surface area contributed by atoms with E-state index in [9.17, 15) is 4.39 Å². The molecule has 0 atom stereocenters. The zero-order chi connectivity index (χ0) is 5.98. The molecule has 0 amide bonds. The molecule has 0 aromatic carbocycles. The van der Waals surface area contributed by atoms with Gasteiger partial charge in [0.1, 0.15) is 0 Å². The van der Waals surface area contributed by atoms with E-state index in [-0.39, 0.29) is 12.6 Å². The van der Waals surface area contributed by atoms with Gasteiger partial charge < -0.3 is 4.84 Å². The Morgan fingerprint density at radius 2 is 2.38 bits per heavy atom. The second-order valence-electron chi connectivity index (χ2n) is 2.05. The first-order valence-electron chi connectivity index (χ1n) is 2.72. The molecule has 0 N–H and O–H groups in total. The lowest BCUT2D eigenvalue weighted by Crippen LogP contribution is -2.46. The van der Waals surface area contributed by atoms with Gasteiger partial charge in [0.25, 0.3) is 0 Å². The van der Waals surface area contributed by atoms with E-state index in [2.05, 4.69) is 0 Å². The maximum atomic E-state index is 11.7. The van der Waals surface area contributed by atoms with E-state index in [4.69, 9.17) is 4.84 Å². The summed E-state index contributed by atoms with van der Waals surface area (Å²) in [7, 11) is 1.61. The minimum atomic E-state index is -0.208. The zero-order valence-electron chi connectivity index (χ0n) is 4.93. The van der Waals surface area contributed by atoms with Crippen molar-refractivity contribution in [2.24, 2.45) is 5.92 Å². The van der Waals surface area contributed by atoms with E-state index < -0.39 is 0 Å². The van der Waals surface area contributed by atoms with Gasteiger partial charge in [-0.25, -0.2) is 0 Å². The fraction of sp³-hybridized carbons (Fsp3) is 1.00. The monoisotopic (exact) mass is 119 g/mol. The molecule has 1 fully saturated rings. The fourth-order valence-corrected chi connectivity index (χ4v) is 0.769. The summed E-state index contributed by atoms with van der Waals surface area (Å²) >= 11 is 0. The predicted octanol–water partition coefficient (Wildman–Crippen LogP) is 0.449. The largest absolute Gasteiger partial charge is 0.302 e. The normalized spacial score (nSPS) is 23.2. The van der Waals surface area contributed by atoms with Gasteiger partial charge in [-0.1, -0.05) is 0 Å². The van der Waals surface area contributed by atoms with Crippen LogP contribution in [0.15, 0.2) is 0 Å². The van der Waals surface area contributed by atoms with Crippen molar-refractivity contribution in [3.05, 3.63) is 0 Å². The molecule has 0 aromatic heterocycles. The van der Waals surface area contributed by atoms with Crippen LogP contribution in [0.3, 0.4) is 0 Å². The maximum absolute atomic E-state index is 11.7. The molecule has 8 heavy (non-hydrogen) atoms. The Morgan fingerprint density at radius 3 is 2.75 bits per heavy atom. The van der Waals surface area contributed by atoms with Crippen LogP contribution in [-0.4, -0.2) is 31.9 Å². The molecular weight excluding hydrogens is 109 g/mol. The molecule has 0 bridgehead atoms. The molecule has 48 valence electrons. The summed E-state index contributed by atoms with van der Waals surface area (Å²) in [5.74, 6) is 0.231. The molecule has 1 aliphatic heterocycles. The summed E-state index contributed by atoms with van der Waals surface area (Å²) < 4.78 is 11.7. The van der Waals surface area contributed by atoms with Crippen LogP contribution >= 0.6 is 0 Å². The quantitative estimate of drug-likeness (QED) is 0.523. The first-order valence-corrected chi connectivity index (χ1v) is 2.72. The minimum absolute atomic E-state index is 0.208. The average Bonchev–Trinajstić information content (AvgIpc) is 1.65. The molecule has 3 heteroatoms. The lowest BCUT2D eigenvalue weighted by Gasteiger charge is -2.34. The molecular formula is C5H10FNO. The number of alkyl halides is 1. The summed E-state index contributed by atoms with van der Waals surface area (Å²) in [6.45, 7) is 1.31. The molecule has 1 heterocycles. The van der Waals surface area contributed by atoms with Gasteiger partial charge >= 0.3 is 0 Å². The molecule has 0 aromatic rings. The van der Waals surface area contributed by atoms with Crippen molar-refractivity contribution in [2.45, 2.75) is 0 Å². The highest BCUT2D eigenvalue weighted by molar-refractivity contribution is 4.72. The second kappa shape index (κ2) is 2.42. The van der Waals surface area contributed by atoms with Crippen molar-refractivity contribution in [2.75, 3.05) is 26.9 Å². The first-order chi connectivity index (χ1) is 3.86. The highest BCUT2D eigenvalue weighted by atomic mass is 19.1. The van der Waals surface area contributed by atoms with E-state index in [1.165, 1.54) is 0 Å². The minimum Gasteiger partial charge on any atom is -0.302 e. The third kappa shape index (κ3) is 0.980. The van der Waals surface area contributed by atoms with Crippen LogP contribution in [0, 0.1) is 5.92 Å². The van der Waals surface area contributed by atoms with Gasteiger partial charge in [0, 0.05) is 19.0 Å². The van der Waals surface area contributed by atoms with Crippen LogP contribution in [0.1, 0.15) is 0 Å². The Hall–Kier alpha value is -0.150. The van der Waals surface area contributed by atoms with Gasteiger partial charge in [0.05, 0.1) is 13.8 Å². The molecule has 0 radical (unpaired) electrons. The van der Waals surface area contributed by atoms with Gasteiger partial charge in [0.15, 0.2) is 0 Å². The standard InChI is InChI=1S/C5H10FNO/c1-8-7-3-5(2-6)4-7/h5H,2-4H2,1H3. The average molecular weight is 119 g/mol. The summed E-state index contributed by atoms with van der Waals surface area (Å²) in [5, 5.41) is 1.74. The number of rotatable bonds is 2. The van der Waals surface area contributed by atoms with Crippen molar-refractivity contribution in [3.63, 3.8) is 0 Å². The third-order valence-electron chi connectivity index (χ3n) is 1.40. The van der Waals surface area contributed by atoms with Crippen molar-refractivity contribution < 1.29 is 9.23 Å². The highest BCUT2D eigenvalue weighted by Crippen LogP contribution is 2.14. The summed E-state index contributed by atoms with van der Waals surface area (Å²) in [6.07, 6.45) is 0. The predicted molar refractivity (Wildman–Crippen MR) is 28.0 cm³/mol. The van der Waals surface area contributed by atoms with E-state index in [0.717, 1.165) is 13.1 Å². The Bertz CT molecular complexity index is 64.8. The molecule has 2 nitrogen and oxygen atoms in total. The topological polar surface area (TPSA) is 12.5 Å². The Kier molecular flexibility index (Phi) is 1.81. The number of hydroxylamine groups is 2. The third-order valence-corrected chi connectivity index (χ3v) is 1.40. The van der Waals surface area contributed by atoms with Crippen LogP contribution in [0.4, 0.5) is 4.39 Å². The molecule has 1 saturated heterocycles. The lowest BCUT2D eigenvalue weighted by atomic mass is 10.1. The Labute approximate surface area is 48.2 Å². The van der Waals surface area contributed by atoms with Gasteiger partial charge in [0.2, 0.25) is 0 Å². The van der Waals surface area contributed by atoms with E-state index in [1.807, 2.05) is 0 Å². The number of hydrogen-bond acceptors (Lipinski definition) is 2. The van der Waals surface area contributed by atoms with Crippen molar-refractivity contribution in [1.82, 2.24) is 5.06 Å². The van der Waals surface area contributed by atoms with E-state index in [0.29, 0.717) is 0 Å². The smallest absolute Gasteiger partial charge is 0.0948 e. The van der Waals surface area contributed by atoms with Gasteiger partial charge in [-0.2, -0.15) is 5.06 Å². The number of halogens is 1. The van der Waals surface area contributed by atoms with Crippen molar-refractivity contribution in [1.29, 1.82) is 0 Å². The van der Waals surface area contributed by atoms with Gasteiger partial charge in [-0.3, -0.25) is 4.39 Å². The summed E-state index contributed by atoms with van der Waals surface area (Å²) in [5.41, 5.74) is 0. The van der Waals surface area contributed by atoms with Gasteiger partial charge in [-0.05, 0) is 0 Å². The molecule has 1 rings (SSSR count). The zero-order valence-corrected chi connectivity index (χ0v) is 4.93. The van der Waals surface area contributed by atoms with Crippen LogP contribution < -0.4 is 0 Å². The molecule has 0 spiro atoms. The highest BCUT2D eigenvalue weighted by Gasteiger charge is 2.25. The first kappa shape index (κ1) is 5.98. The Balaban J connectivity index is 2.03. The molecule has 0 unspecified atom stereocenters. The van der Waals surface area contributed by atoms with Crippen molar-refractivity contribution in [3.8, 4) is 0 Å². The van der Waals surface area contributed by atoms with Crippen LogP contribution in [0.5, 0.6) is 0 Å². The van der Waals surface area contributed by atoms with Crippen LogP contribution in [-0.2, 0) is 4.84 Å². The maximum Gasteiger partial charge on any atom is 0.0948 e. The van der Waals surface area contributed by atoms with Crippen molar-refractivity contribution >= 4 is 0 Å². The number of nitrogens with zero attached hydrogens (tertiary/aromatic N) is 1. The lowest BCUT2D eigenvalue weighted by molar-refractivity contribution is -0.199. The molecule has 0 aliphatic carbocycles. The van der Waals surface area contributed by atoms with Crippen LogP contribution in [0.2, 0.25) is 0 Å². The second-order valence-corrected chi connectivity index (χ2v) is 2.05. The van der Waals surface area contributed by atoms with Gasteiger partial charge in [-0.15, -0.1) is 0 Å². The summed E-state index contributed by atoms with van der Waals surface area (Å²) in [4.78, 5) is 4.78. The van der Waals surface area contributed by atoms with Crippen LogP contribution in [0.25, 0.3) is 0 Å². The summed E-state index contributed by atoms with van der Waals surface area (Å²) in [6, 6.07) is 0. The van der Waals surface area contributed by atoms with E-state index >= 15 is 0 Å². The number of hydrogen-bond donors (Lipinski definition) is 0. The fourth-order valence-electron chi connectivity index (χ4n) is 0.769. The SMILES string of the molecule is CON1CC(CF)C1. The van der Waals surface area contributed by atoms with E-state index in [1.54, 1.807) is 12.2 Å².